The maximum absolute atomic E-state index is 12.0. The summed E-state index contributed by atoms with van der Waals surface area (Å²) in [4.78, 5) is 12.0. The van der Waals surface area contributed by atoms with E-state index in [9.17, 15) is 9.90 Å². The molecular formula is C19H28O2. The lowest BCUT2D eigenvalue weighted by molar-refractivity contribution is -0.120. The minimum absolute atomic E-state index is 0.116. The summed E-state index contributed by atoms with van der Waals surface area (Å²) in [6.45, 7) is 0. The van der Waals surface area contributed by atoms with Crippen molar-refractivity contribution in [3.63, 3.8) is 0 Å². The fourth-order valence-corrected chi connectivity index (χ4v) is 3.25. The number of ketones is 1. The van der Waals surface area contributed by atoms with E-state index in [4.69, 9.17) is 0 Å². The number of hydrogen-bond donors (Lipinski definition) is 1. The van der Waals surface area contributed by atoms with Gasteiger partial charge in [-0.05, 0) is 56.4 Å². The summed E-state index contributed by atoms with van der Waals surface area (Å²) in [5.74, 6) is 0.960. The molecule has 1 aromatic rings. The molecule has 1 aliphatic rings. The number of hydrogen-bond acceptors (Lipinski definition) is 2. The third kappa shape index (κ3) is 6.43. The lowest BCUT2D eigenvalue weighted by atomic mass is 9.84. The molecule has 116 valence electrons. The lowest BCUT2D eigenvalue weighted by Gasteiger charge is -2.24. The first kappa shape index (κ1) is 16.2. The Labute approximate surface area is 128 Å². The molecule has 0 unspecified atom stereocenters. The number of Topliss-reactive ketones (excluding diaryl/α,β-unsaturated/α-hetero) is 1. The number of aryl methyl sites for hydroxylation is 1. The highest BCUT2D eigenvalue weighted by Crippen LogP contribution is 2.27. The van der Waals surface area contributed by atoms with Gasteiger partial charge in [0, 0.05) is 12.8 Å². The maximum Gasteiger partial charge on any atom is 0.133 e. The summed E-state index contributed by atoms with van der Waals surface area (Å²) in [5.41, 5.74) is 1.39. The van der Waals surface area contributed by atoms with Crippen molar-refractivity contribution in [3.05, 3.63) is 35.9 Å². The molecule has 0 atom stereocenters. The van der Waals surface area contributed by atoms with Crippen LogP contribution in [0.5, 0.6) is 0 Å². The number of carbonyl (C=O) groups is 1. The van der Waals surface area contributed by atoms with Gasteiger partial charge in [0.05, 0.1) is 6.10 Å². The Morgan fingerprint density at radius 3 is 2.43 bits per heavy atom. The second kappa shape index (κ2) is 8.99. The van der Waals surface area contributed by atoms with Crippen LogP contribution in [-0.4, -0.2) is 17.0 Å². The molecule has 0 bridgehead atoms. The van der Waals surface area contributed by atoms with Crippen LogP contribution >= 0.6 is 0 Å². The monoisotopic (exact) mass is 288 g/mol. The smallest absolute Gasteiger partial charge is 0.133 e. The highest BCUT2D eigenvalue weighted by Gasteiger charge is 2.21. The van der Waals surface area contributed by atoms with Crippen molar-refractivity contribution in [2.75, 3.05) is 0 Å². The van der Waals surface area contributed by atoms with Crippen LogP contribution in [0.4, 0.5) is 0 Å². The Balaban J connectivity index is 1.51. The second-order valence-electron chi connectivity index (χ2n) is 6.46. The molecule has 1 aliphatic carbocycles. The highest BCUT2D eigenvalue weighted by molar-refractivity contribution is 5.78. The fourth-order valence-electron chi connectivity index (χ4n) is 3.25. The molecule has 2 rings (SSSR count). The van der Waals surface area contributed by atoms with E-state index in [0.717, 1.165) is 57.8 Å². The standard InChI is InChI=1S/C19H28O2/c20-18-13-11-17(12-14-18)15-19(21)10-6-2-5-9-16-7-3-1-4-8-16/h1,3-4,7-8,17-18,20H,2,5-6,9-15H2. The zero-order valence-electron chi connectivity index (χ0n) is 13.0. The first-order valence-electron chi connectivity index (χ1n) is 8.47. The Bertz CT molecular complexity index is 405. The Morgan fingerprint density at radius 1 is 1.00 bits per heavy atom. The average Bonchev–Trinajstić information content (AvgIpc) is 2.50. The van der Waals surface area contributed by atoms with E-state index in [1.165, 1.54) is 12.0 Å². The van der Waals surface area contributed by atoms with Gasteiger partial charge in [0.1, 0.15) is 5.78 Å². The summed E-state index contributed by atoms with van der Waals surface area (Å²) < 4.78 is 0. The molecule has 0 aliphatic heterocycles. The van der Waals surface area contributed by atoms with Crippen LogP contribution in [-0.2, 0) is 11.2 Å². The molecule has 0 amide bonds. The van der Waals surface area contributed by atoms with Crippen LogP contribution < -0.4 is 0 Å². The van der Waals surface area contributed by atoms with E-state index in [1.807, 2.05) is 6.07 Å². The van der Waals surface area contributed by atoms with E-state index in [2.05, 4.69) is 24.3 Å². The fraction of sp³-hybridized carbons (Fsp3) is 0.632. The maximum atomic E-state index is 12.0. The molecule has 1 saturated carbocycles. The molecule has 0 heterocycles. The van der Waals surface area contributed by atoms with Gasteiger partial charge >= 0.3 is 0 Å². The molecule has 2 heteroatoms. The first-order chi connectivity index (χ1) is 10.2. The van der Waals surface area contributed by atoms with Gasteiger partial charge in [0.25, 0.3) is 0 Å². The molecule has 21 heavy (non-hydrogen) atoms. The highest BCUT2D eigenvalue weighted by atomic mass is 16.3. The van der Waals surface area contributed by atoms with Gasteiger partial charge in [-0.2, -0.15) is 0 Å². The molecular weight excluding hydrogens is 260 g/mol. The summed E-state index contributed by atoms with van der Waals surface area (Å²) in [7, 11) is 0. The number of aliphatic hydroxyl groups excluding tert-OH is 1. The molecule has 0 spiro atoms. The van der Waals surface area contributed by atoms with E-state index in [1.54, 1.807) is 0 Å². The zero-order valence-corrected chi connectivity index (χ0v) is 13.0. The van der Waals surface area contributed by atoms with Crippen LogP contribution in [0.2, 0.25) is 0 Å². The second-order valence-corrected chi connectivity index (χ2v) is 6.46. The number of rotatable bonds is 8. The Hall–Kier alpha value is -1.15. The largest absolute Gasteiger partial charge is 0.393 e. The Kier molecular flexibility index (Phi) is 6.94. The molecule has 1 fully saturated rings. The van der Waals surface area contributed by atoms with E-state index >= 15 is 0 Å². The van der Waals surface area contributed by atoms with Crippen LogP contribution in [0, 0.1) is 5.92 Å². The predicted molar refractivity (Wildman–Crippen MR) is 86.2 cm³/mol. The topological polar surface area (TPSA) is 37.3 Å². The van der Waals surface area contributed by atoms with Gasteiger partial charge in [-0.25, -0.2) is 0 Å². The lowest BCUT2D eigenvalue weighted by Crippen LogP contribution is -2.20. The van der Waals surface area contributed by atoms with Crippen LogP contribution in [0.15, 0.2) is 30.3 Å². The van der Waals surface area contributed by atoms with Crippen LogP contribution in [0.1, 0.15) is 63.4 Å². The third-order valence-electron chi connectivity index (χ3n) is 4.60. The third-order valence-corrected chi connectivity index (χ3v) is 4.60. The number of carbonyl (C=O) groups excluding carboxylic acids is 1. The molecule has 0 radical (unpaired) electrons. The van der Waals surface area contributed by atoms with Gasteiger partial charge in [0.15, 0.2) is 0 Å². The van der Waals surface area contributed by atoms with Gasteiger partial charge in [0.2, 0.25) is 0 Å². The number of benzene rings is 1. The van der Waals surface area contributed by atoms with Crippen molar-refractivity contribution in [1.29, 1.82) is 0 Å². The van der Waals surface area contributed by atoms with Crippen molar-refractivity contribution >= 4 is 5.78 Å². The zero-order chi connectivity index (χ0) is 14.9. The van der Waals surface area contributed by atoms with Gasteiger partial charge < -0.3 is 5.11 Å². The quantitative estimate of drug-likeness (QED) is 0.724. The number of aliphatic hydroxyl groups is 1. The summed E-state index contributed by atoms with van der Waals surface area (Å²) >= 11 is 0. The molecule has 0 saturated heterocycles. The number of unbranched alkanes of at least 4 members (excludes halogenated alkanes) is 2. The van der Waals surface area contributed by atoms with E-state index in [-0.39, 0.29) is 6.10 Å². The normalized spacial score (nSPS) is 22.1. The van der Waals surface area contributed by atoms with Gasteiger partial charge in [-0.3, -0.25) is 4.79 Å². The van der Waals surface area contributed by atoms with Crippen LogP contribution in [0.25, 0.3) is 0 Å². The van der Waals surface area contributed by atoms with Crippen molar-refractivity contribution in [2.24, 2.45) is 5.92 Å². The molecule has 1 aromatic carbocycles. The Morgan fingerprint density at radius 2 is 1.71 bits per heavy atom. The first-order valence-corrected chi connectivity index (χ1v) is 8.47. The predicted octanol–water partition coefficient (Wildman–Crippen LogP) is 4.30. The van der Waals surface area contributed by atoms with Crippen molar-refractivity contribution in [1.82, 2.24) is 0 Å². The molecule has 1 N–H and O–H groups in total. The van der Waals surface area contributed by atoms with E-state index in [0.29, 0.717) is 11.7 Å². The average molecular weight is 288 g/mol. The van der Waals surface area contributed by atoms with E-state index < -0.39 is 0 Å². The minimum atomic E-state index is -0.116. The molecule has 2 nitrogen and oxygen atoms in total. The summed E-state index contributed by atoms with van der Waals surface area (Å²) in [6, 6.07) is 10.6. The SMILES string of the molecule is O=C(CCCCCc1ccccc1)CC1CCC(O)CC1. The summed E-state index contributed by atoms with van der Waals surface area (Å²) in [5, 5.41) is 9.47. The van der Waals surface area contributed by atoms with Crippen molar-refractivity contribution in [2.45, 2.75) is 70.3 Å². The summed E-state index contributed by atoms with van der Waals surface area (Å²) in [6.07, 6.45) is 9.66. The van der Waals surface area contributed by atoms with Gasteiger partial charge in [-0.15, -0.1) is 0 Å². The van der Waals surface area contributed by atoms with Crippen molar-refractivity contribution in [3.8, 4) is 0 Å². The van der Waals surface area contributed by atoms with Gasteiger partial charge in [-0.1, -0.05) is 36.8 Å². The van der Waals surface area contributed by atoms with Crippen LogP contribution in [0.3, 0.4) is 0 Å². The minimum Gasteiger partial charge on any atom is -0.393 e. The molecule has 0 aromatic heterocycles. The van der Waals surface area contributed by atoms with Crippen molar-refractivity contribution < 1.29 is 9.90 Å².